The molecule has 1 aliphatic heterocycles. The largest absolute Gasteiger partial charge is 0.446 e. The van der Waals surface area contributed by atoms with Gasteiger partial charge in [-0.05, 0) is 35.6 Å². The van der Waals surface area contributed by atoms with Crippen molar-refractivity contribution < 1.29 is 19.1 Å². The number of amides is 4. The third-order valence-electron chi connectivity index (χ3n) is 6.99. The average Bonchev–Trinajstić information content (AvgIpc) is 2.95. The van der Waals surface area contributed by atoms with Gasteiger partial charge < -0.3 is 25.6 Å². The monoisotopic (exact) mass is 543 g/mol. The first-order valence-electron chi connectivity index (χ1n) is 13.6. The first-order valence-corrected chi connectivity index (χ1v) is 13.6. The van der Waals surface area contributed by atoms with Crippen molar-refractivity contribution in [1.82, 2.24) is 15.1 Å². The van der Waals surface area contributed by atoms with Crippen LogP contribution in [0.2, 0.25) is 0 Å². The summed E-state index contributed by atoms with van der Waals surface area (Å²) >= 11 is 0. The van der Waals surface area contributed by atoms with Crippen molar-refractivity contribution in [3.63, 3.8) is 0 Å². The van der Waals surface area contributed by atoms with E-state index in [2.05, 4.69) is 15.5 Å². The zero-order chi connectivity index (χ0) is 28.3. The summed E-state index contributed by atoms with van der Waals surface area (Å²) in [6.07, 6.45) is 1.21. The molecule has 3 aromatic rings. The molecule has 0 radical (unpaired) electrons. The highest BCUT2D eigenvalue weighted by Gasteiger charge is 2.22. The lowest BCUT2D eigenvalue weighted by molar-refractivity contribution is -0.120. The number of nitrogens with one attached hydrogen (secondary N) is 2. The number of anilines is 1. The Balaban J connectivity index is 1.13. The SMILES string of the molecule is CN(Cc1ccc(CC(=O)NCCN2CCC(OC(=O)Nc3ccccc3-c3ccccc3)CC2)cc1)C(N)=O. The lowest BCUT2D eigenvalue weighted by Gasteiger charge is -2.31. The van der Waals surface area contributed by atoms with Gasteiger partial charge in [0.1, 0.15) is 6.10 Å². The lowest BCUT2D eigenvalue weighted by Crippen LogP contribution is -2.42. The Bertz CT molecular complexity index is 1270. The summed E-state index contributed by atoms with van der Waals surface area (Å²) < 4.78 is 5.71. The number of hydrogen-bond acceptors (Lipinski definition) is 5. The maximum absolute atomic E-state index is 12.6. The zero-order valence-corrected chi connectivity index (χ0v) is 22.8. The average molecular weight is 544 g/mol. The Morgan fingerprint density at radius 3 is 2.27 bits per heavy atom. The van der Waals surface area contributed by atoms with Crippen LogP contribution in [0, 0.1) is 0 Å². The number of para-hydroxylation sites is 1. The minimum atomic E-state index is -0.480. The number of carbonyl (C=O) groups is 3. The molecule has 210 valence electrons. The molecule has 1 heterocycles. The van der Waals surface area contributed by atoms with Gasteiger partial charge in [0.2, 0.25) is 5.91 Å². The molecule has 0 unspecified atom stereocenters. The Labute approximate surface area is 235 Å². The highest BCUT2D eigenvalue weighted by molar-refractivity contribution is 5.91. The van der Waals surface area contributed by atoms with Crippen LogP contribution < -0.4 is 16.4 Å². The highest BCUT2D eigenvalue weighted by atomic mass is 16.6. The van der Waals surface area contributed by atoms with Crippen molar-refractivity contribution >= 4 is 23.7 Å². The van der Waals surface area contributed by atoms with Gasteiger partial charge in [-0.15, -0.1) is 0 Å². The quantitative estimate of drug-likeness (QED) is 0.354. The number of hydrogen-bond donors (Lipinski definition) is 3. The molecule has 3 aromatic carbocycles. The maximum Gasteiger partial charge on any atom is 0.411 e. The second-order valence-corrected chi connectivity index (χ2v) is 10.0. The normalized spacial score (nSPS) is 13.8. The van der Waals surface area contributed by atoms with Gasteiger partial charge in [0.25, 0.3) is 0 Å². The molecule has 40 heavy (non-hydrogen) atoms. The number of ether oxygens (including phenoxy) is 1. The van der Waals surface area contributed by atoms with Gasteiger partial charge in [0, 0.05) is 45.3 Å². The lowest BCUT2D eigenvalue weighted by atomic mass is 10.0. The summed E-state index contributed by atoms with van der Waals surface area (Å²) in [5, 5.41) is 5.89. The van der Waals surface area contributed by atoms with Crippen molar-refractivity contribution in [3.05, 3.63) is 90.0 Å². The van der Waals surface area contributed by atoms with E-state index in [9.17, 15) is 14.4 Å². The van der Waals surface area contributed by atoms with Crippen molar-refractivity contribution in [1.29, 1.82) is 0 Å². The molecule has 0 spiro atoms. The van der Waals surface area contributed by atoms with E-state index in [1.807, 2.05) is 78.9 Å². The number of rotatable bonds is 10. The van der Waals surface area contributed by atoms with Crippen LogP contribution in [0.4, 0.5) is 15.3 Å². The fourth-order valence-corrected chi connectivity index (χ4v) is 4.72. The van der Waals surface area contributed by atoms with Gasteiger partial charge >= 0.3 is 12.1 Å². The van der Waals surface area contributed by atoms with Crippen LogP contribution in [0.1, 0.15) is 24.0 Å². The van der Waals surface area contributed by atoms with E-state index in [4.69, 9.17) is 10.5 Å². The fraction of sp³-hybridized carbons (Fsp3) is 0.323. The molecular formula is C31H37N5O4. The summed E-state index contributed by atoms with van der Waals surface area (Å²) in [5.41, 5.74) is 9.82. The number of nitrogens with two attached hydrogens (primary N) is 1. The Morgan fingerprint density at radius 2 is 1.57 bits per heavy atom. The predicted octanol–water partition coefficient (Wildman–Crippen LogP) is 4.24. The van der Waals surface area contributed by atoms with Crippen LogP contribution in [0.25, 0.3) is 11.1 Å². The molecule has 0 aromatic heterocycles. The molecule has 9 heteroatoms. The molecule has 0 aliphatic carbocycles. The first kappa shape index (κ1) is 28.6. The zero-order valence-electron chi connectivity index (χ0n) is 22.8. The van der Waals surface area contributed by atoms with E-state index in [1.54, 1.807) is 7.05 Å². The minimum Gasteiger partial charge on any atom is -0.446 e. The van der Waals surface area contributed by atoms with Crippen molar-refractivity contribution in [2.45, 2.75) is 31.9 Å². The first-order chi connectivity index (χ1) is 19.4. The Hall–Kier alpha value is -4.37. The standard InChI is InChI=1S/C31H37N5O4/c1-35(30(32)38)22-24-13-11-23(12-14-24)21-29(37)33-17-20-36-18-15-26(16-19-36)40-31(39)34-28-10-6-5-9-27(28)25-7-3-2-4-8-25/h2-14,26H,15-22H2,1H3,(H2,32,38)(H,33,37)(H,34,39). The van der Waals surface area contributed by atoms with Gasteiger partial charge in [-0.2, -0.15) is 0 Å². The third-order valence-corrected chi connectivity index (χ3v) is 6.99. The third kappa shape index (κ3) is 8.57. The number of primary amides is 1. The van der Waals surface area contributed by atoms with Crippen molar-refractivity contribution in [2.24, 2.45) is 5.73 Å². The predicted molar refractivity (Wildman–Crippen MR) is 156 cm³/mol. The summed E-state index contributed by atoms with van der Waals surface area (Å²) in [7, 11) is 1.64. The molecule has 9 nitrogen and oxygen atoms in total. The second-order valence-electron chi connectivity index (χ2n) is 10.0. The van der Waals surface area contributed by atoms with E-state index < -0.39 is 12.1 Å². The number of likely N-dealkylation sites (tertiary alicyclic amines) is 1. The second kappa shape index (κ2) is 14.1. The number of carbonyl (C=O) groups excluding carboxylic acids is 3. The Morgan fingerprint density at radius 1 is 0.925 bits per heavy atom. The molecule has 4 amide bonds. The summed E-state index contributed by atoms with van der Waals surface area (Å²) in [5.74, 6) is -0.0346. The van der Waals surface area contributed by atoms with Crippen molar-refractivity contribution in [2.75, 3.05) is 38.5 Å². The molecule has 0 atom stereocenters. The van der Waals surface area contributed by atoms with Crippen LogP contribution in [-0.4, -0.2) is 67.2 Å². The van der Waals surface area contributed by atoms with Gasteiger partial charge in [0.05, 0.1) is 12.1 Å². The molecule has 0 saturated carbocycles. The van der Waals surface area contributed by atoms with Gasteiger partial charge in [-0.3, -0.25) is 10.1 Å². The van der Waals surface area contributed by atoms with Crippen molar-refractivity contribution in [3.8, 4) is 11.1 Å². The van der Waals surface area contributed by atoms with Crippen LogP contribution in [-0.2, 0) is 22.5 Å². The molecule has 0 bridgehead atoms. The number of nitrogens with zero attached hydrogens (tertiary/aromatic N) is 2. The number of urea groups is 1. The number of piperidine rings is 1. The smallest absolute Gasteiger partial charge is 0.411 e. The van der Waals surface area contributed by atoms with E-state index in [1.165, 1.54) is 4.90 Å². The van der Waals surface area contributed by atoms with Gasteiger partial charge in [0.15, 0.2) is 0 Å². The van der Waals surface area contributed by atoms with Gasteiger partial charge in [-0.1, -0.05) is 72.8 Å². The summed E-state index contributed by atoms with van der Waals surface area (Å²) in [6, 6.07) is 24.7. The highest BCUT2D eigenvalue weighted by Crippen LogP contribution is 2.28. The topological polar surface area (TPSA) is 117 Å². The van der Waals surface area contributed by atoms with E-state index >= 15 is 0 Å². The van der Waals surface area contributed by atoms with Crippen LogP contribution in [0.3, 0.4) is 0 Å². The summed E-state index contributed by atoms with van der Waals surface area (Å²) in [6.45, 7) is 3.33. The molecular weight excluding hydrogens is 506 g/mol. The minimum absolute atomic E-state index is 0.0346. The van der Waals surface area contributed by atoms with Crippen LogP contribution in [0.15, 0.2) is 78.9 Å². The van der Waals surface area contributed by atoms with E-state index in [0.29, 0.717) is 19.5 Å². The Kier molecular flexibility index (Phi) is 10.1. The molecule has 4 rings (SSSR count). The molecule has 4 N–H and O–H groups in total. The van der Waals surface area contributed by atoms with Crippen LogP contribution >= 0.6 is 0 Å². The molecule has 1 fully saturated rings. The maximum atomic E-state index is 12.6. The summed E-state index contributed by atoms with van der Waals surface area (Å²) in [4.78, 5) is 39.9. The number of benzene rings is 3. The fourth-order valence-electron chi connectivity index (χ4n) is 4.72. The van der Waals surface area contributed by atoms with E-state index in [-0.39, 0.29) is 12.0 Å². The molecule has 1 aliphatic rings. The van der Waals surface area contributed by atoms with Gasteiger partial charge in [-0.25, -0.2) is 9.59 Å². The van der Waals surface area contributed by atoms with E-state index in [0.717, 1.165) is 60.4 Å². The molecule has 1 saturated heterocycles. The van der Waals surface area contributed by atoms with Crippen LogP contribution in [0.5, 0.6) is 0 Å².